The maximum absolute atomic E-state index is 12.4. The van der Waals surface area contributed by atoms with E-state index in [1.54, 1.807) is 4.98 Å². The lowest BCUT2D eigenvalue weighted by molar-refractivity contribution is -0.144. The molecule has 2 aromatic rings. The molecule has 0 saturated carbocycles. The quantitative estimate of drug-likeness (QED) is 0.802. The highest BCUT2D eigenvalue weighted by Crippen LogP contribution is 2.26. The molecule has 0 radical (unpaired) electrons. The number of sulfonamides is 1. The van der Waals surface area contributed by atoms with Crippen LogP contribution >= 0.6 is 0 Å². The second-order valence-corrected chi connectivity index (χ2v) is 5.20. The van der Waals surface area contributed by atoms with Crippen LogP contribution in [0.15, 0.2) is 27.9 Å². The molecule has 0 amide bonds. The van der Waals surface area contributed by atoms with E-state index in [1.165, 1.54) is 0 Å². The van der Waals surface area contributed by atoms with Crippen LogP contribution in [-0.2, 0) is 16.2 Å². The van der Waals surface area contributed by atoms with Crippen molar-refractivity contribution in [3.05, 3.63) is 34.4 Å². The second kappa shape index (κ2) is 4.03. The first kappa shape index (κ1) is 13.5. The minimum absolute atomic E-state index is 0.275. The normalized spacial score (nSPS) is 12.8. The highest BCUT2D eigenvalue weighted by Gasteiger charge is 2.34. The van der Waals surface area contributed by atoms with Crippen molar-refractivity contribution < 1.29 is 21.6 Å². The molecule has 0 bridgehead atoms. The van der Waals surface area contributed by atoms with Gasteiger partial charge in [0.2, 0.25) is 15.8 Å². The van der Waals surface area contributed by atoms with Gasteiger partial charge >= 0.3 is 6.18 Å². The zero-order valence-corrected chi connectivity index (χ0v) is 9.84. The smallest absolute Gasteiger partial charge is 0.302 e. The summed E-state index contributed by atoms with van der Waals surface area (Å²) in [5.74, 6) is -1.45. The zero-order valence-electron chi connectivity index (χ0n) is 9.02. The molecule has 0 aliphatic heterocycles. The summed E-state index contributed by atoms with van der Waals surface area (Å²) >= 11 is 0. The van der Waals surface area contributed by atoms with Crippen molar-refractivity contribution in [3.63, 3.8) is 0 Å². The van der Waals surface area contributed by atoms with Gasteiger partial charge in [-0.25, -0.2) is 18.5 Å². The number of nitrogens with two attached hydrogens (primary N) is 1. The number of aromatic amines is 1. The molecule has 0 spiro atoms. The molecule has 0 atom stereocenters. The zero-order chi connectivity index (χ0) is 14.4. The highest BCUT2D eigenvalue weighted by molar-refractivity contribution is 7.89. The summed E-state index contributed by atoms with van der Waals surface area (Å²) in [6.45, 7) is 0. The molecule has 0 saturated heterocycles. The maximum Gasteiger partial charge on any atom is 0.449 e. The number of hydrogen-bond donors (Lipinski definition) is 2. The van der Waals surface area contributed by atoms with Crippen molar-refractivity contribution in [3.8, 4) is 0 Å². The fraction of sp³-hybridized carbons (Fsp3) is 0.111. The van der Waals surface area contributed by atoms with Gasteiger partial charge < -0.3 is 4.98 Å². The Morgan fingerprint density at radius 1 is 1.26 bits per heavy atom. The number of H-pyrrole nitrogens is 1. The van der Waals surface area contributed by atoms with Crippen LogP contribution in [0.25, 0.3) is 10.9 Å². The minimum atomic E-state index is -4.80. The van der Waals surface area contributed by atoms with Gasteiger partial charge in [-0.1, -0.05) is 0 Å². The van der Waals surface area contributed by atoms with E-state index in [-0.39, 0.29) is 15.8 Å². The van der Waals surface area contributed by atoms with Gasteiger partial charge in [-0.3, -0.25) is 4.79 Å². The summed E-state index contributed by atoms with van der Waals surface area (Å²) in [7, 11) is -4.05. The SMILES string of the molecule is NS(=O)(=O)c1ccc2nc(C(F)(F)F)[nH]c(=O)c2c1. The topological polar surface area (TPSA) is 106 Å². The van der Waals surface area contributed by atoms with E-state index in [1.807, 2.05) is 0 Å². The lowest BCUT2D eigenvalue weighted by atomic mass is 10.2. The van der Waals surface area contributed by atoms with Gasteiger partial charge in [0.05, 0.1) is 15.8 Å². The number of fused-ring (bicyclic) bond motifs is 1. The Bertz CT molecular complexity index is 811. The van der Waals surface area contributed by atoms with Gasteiger partial charge in [-0.15, -0.1) is 0 Å². The molecule has 6 nitrogen and oxygen atoms in total. The molecule has 0 aliphatic rings. The van der Waals surface area contributed by atoms with Crippen LogP contribution in [0.3, 0.4) is 0 Å². The van der Waals surface area contributed by atoms with Gasteiger partial charge in [0.15, 0.2) is 0 Å². The molecular weight excluding hydrogens is 287 g/mol. The molecular formula is C9H6F3N3O3S. The Balaban J connectivity index is 2.78. The summed E-state index contributed by atoms with van der Waals surface area (Å²) in [6, 6.07) is 2.83. The lowest BCUT2D eigenvalue weighted by Crippen LogP contribution is -2.20. The van der Waals surface area contributed by atoms with Crippen molar-refractivity contribution in [1.82, 2.24) is 9.97 Å². The molecule has 1 heterocycles. The molecule has 19 heavy (non-hydrogen) atoms. The molecule has 0 fully saturated rings. The van der Waals surface area contributed by atoms with Gasteiger partial charge in [0.25, 0.3) is 5.56 Å². The Morgan fingerprint density at radius 2 is 1.89 bits per heavy atom. The molecule has 0 unspecified atom stereocenters. The number of aromatic nitrogens is 2. The Kier molecular flexibility index (Phi) is 2.86. The van der Waals surface area contributed by atoms with Gasteiger partial charge in [-0.2, -0.15) is 13.2 Å². The number of halogens is 3. The summed E-state index contributed by atoms with van der Waals surface area (Å²) in [6.07, 6.45) is -4.80. The van der Waals surface area contributed by atoms with Crippen molar-refractivity contribution >= 4 is 20.9 Å². The summed E-state index contributed by atoms with van der Waals surface area (Å²) in [5.41, 5.74) is -1.37. The van der Waals surface area contributed by atoms with Crippen LogP contribution in [-0.4, -0.2) is 18.4 Å². The molecule has 10 heteroatoms. The van der Waals surface area contributed by atoms with Gasteiger partial charge in [0.1, 0.15) is 0 Å². The fourth-order valence-corrected chi connectivity index (χ4v) is 1.97. The fourth-order valence-electron chi connectivity index (χ4n) is 1.43. The third kappa shape index (κ3) is 2.58. The van der Waals surface area contributed by atoms with E-state index >= 15 is 0 Å². The Labute approximate surface area is 104 Å². The van der Waals surface area contributed by atoms with Crippen molar-refractivity contribution in [2.24, 2.45) is 5.14 Å². The third-order valence-corrected chi connectivity index (χ3v) is 3.18. The van der Waals surface area contributed by atoms with Crippen LogP contribution < -0.4 is 10.7 Å². The largest absolute Gasteiger partial charge is 0.449 e. The number of primary sulfonamides is 1. The van der Waals surface area contributed by atoms with Crippen LogP contribution in [0.1, 0.15) is 5.82 Å². The van der Waals surface area contributed by atoms with Crippen LogP contribution in [0.5, 0.6) is 0 Å². The summed E-state index contributed by atoms with van der Waals surface area (Å²) in [4.78, 5) is 15.9. The van der Waals surface area contributed by atoms with E-state index in [9.17, 15) is 26.4 Å². The maximum atomic E-state index is 12.4. The first-order chi connectivity index (χ1) is 8.59. The average Bonchev–Trinajstić information content (AvgIpc) is 2.26. The lowest BCUT2D eigenvalue weighted by Gasteiger charge is -2.06. The van der Waals surface area contributed by atoms with Crippen molar-refractivity contribution in [1.29, 1.82) is 0 Å². The summed E-state index contributed by atoms with van der Waals surface area (Å²) in [5, 5.41) is 4.56. The summed E-state index contributed by atoms with van der Waals surface area (Å²) < 4.78 is 59.4. The molecule has 1 aromatic heterocycles. The first-order valence-electron chi connectivity index (χ1n) is 4.73. The second-order valence-electron chi connectivity index (χ2n) is 3.64. The molecule has 2 rings (SSSR count). The third-order valence-electron chi connectivity index (χ3n) is 2.27. The Hall–Kier alpha value is -1.94. The predicted molar refractivity (Wildman–Crippen MR) is 58.7 cm³/mol. The number of nitrogens with one attached hydrogen (secondary N) is 1. The van der Waals surface area contributed by atoms with E-state index in [2.05, 4.69) is 4.98 Å². The average molecular weight is 293 g/mol. The van der Waals surface area contributed by atoms with E-state index < -0.39 is 27.6 Å². The van der Waals surface area contributed by atoms with E-state index in [0.29, 0.717) is 0 Å². The molecule has 102 valence electrons. The number of benzene rings is 1. The number of alkyl halides is 3. The number of hydrogen-bond acceptors (Lipinski definition) is 4. The van der Waals surface area contributed by atoms with Gasteiger partial charge in [0, 0.05) is 0 Å². The van der Waals surface area contributed by atoms with E-state index in [4.69, 9.17) is 5.14 Å². The molecule has 0 aliphatic carbocycles. The Morgan fingerprint density at radius 3 is 2.42 bits per heavy atom. The first-order valence-corrected chi connectivity index (χ1v) is 6.28. The predicted octanol–water partition coefficient (Wildman–Crippen LogP) is 0.589. The highest BCUT2D eigenvalue weighted by atomic mass is 32.2. The van der Waals surface area contributed by atoms with E-state index in [0.717, 1.165) is 18.2 Å². The standard InChI is InChI=1S/C9H6F3N3O3S/c10-9(11,12)8-14-6-2-1-4(19(13,17)18)3-5(6)7(16)15-8/h1-3H,(H2,13,17,18)(H,14,15,16). The number of rotatable bonds is 1. The monoisotopic (exact) mass is 293 g/mol. The number of nitrogens with zero attached hydrogens (tertiary/aromatic N) is 1. The van der Waals surface area contributed by atoms with Crippen LogP contribution in [0, 0.1) is 0 Å². The van der Waals surface area contributed by atoms with Crippen LogP contribution in [0.4, 0.5) is 13.2 Å². The molecule has 3 N–H and O–H groups in total. The molecule has 1 aromatic carbocycles. The van der Waals surface area contributed by atoms with Gasteiger partial charge in [-0.05, 0) is 18.2 Å². The minimum Gasteiger partial charge on any atom is -0.302 e. The van der Waals surface area contributed by atoms with Crippen LogP contribution in [0.2, 0.25) is 0 Å². The van der Waals surface area contributed by atoms with Crippen molar-refractivity contribution in [2.45, 2.75) is 11.1 Å². The van der Waals surface area contributed by atoms with Crippen molar-refractivity contribution in [2.75, 3.05) is 0 Å².